The van der Waals surface area contributed by atoms with Crippen LogP contribution in [0.25, 0.3) is 22.6 Å². The summed E-state index contributed by atoms with van der Waals surface area (Å²) in [4.78, 5) is 64.9. The SMILES string of the molecule is O.O.O.O.O.O.O.O=C1CN(N=Cc2ccc(-c3ccc([N+](=O)[O-])cc3)o2)C(=O)N1.O=C1CN(N=Cc2ccc(-c3ccc([N+](=O)[O-])cc3)o2)C(=O)N1.[Na].[Na]. The molecule has 0 unspecified atom stereocenters. The second-order valence-corrected chi connectivity index (χ2v) is 9.32. The van der Waals surface area contributed by atoms with Gasteiger partial charge >= 0.3 is 12.1 Å². The number of benzene rings is 2. The van der Waals surface area contributed by atoms with E-state index in [4.69, 9.17) is 8.83 Å². The van der Waals surface area contributed by atoms with Crippen molar-refractivity contribution in [1.29, 1.82) is 0 Å². The maximum atomic E-state index is 11.3. The van der Waals surface area contributed by atoms with Crippen molar-refractivity contribution in [3.8, 4) is 22.6 Å². The van der Waals surface area contributed by atoms with E-state index in [1.165, 1.54) is 36.7 Å². The van der Waals surface area contributed by atoms with E-state index >= 15 is 0 Å². The molecule has 290 valence electrons. The smallest absolute Gasteiger partial charge is 0.344 e. The fourth-order valence-corrected chi connectivity index (χ4v) is 3.95. The average Bonchev–Trinajstić information content (AvgIpc) is 3.83. The van der Waals surface area contributed by atoms with Crippen LogP contribution in [0.2, 0.25) is 0 Å². The van der Waals surface area contributed by atoms with Gasteiger partial charge in [-0.1, -0.05) is 0 Å². The van der Waals surface area contributed by atoms with E-state index in [1.54, 1.807) is 48.5 Å². The first-order chi connectivity index (χ1) is 22.0. The van der Waals surface area contributed by atoms with Crippen LogP contribution >= 0.6 is 0 Å². The van der Waals surface area contributed by atoms with Gasteiger partial charge in [0, 0.05) is 94.5 Å². The number of hydrogen-bond donors (Lipinski definition) is 2. The number of hydrazone groups is 2. The average molecular weight is 801 g/mol. The van der Waals surface area contributed by atoms with Crippen LogP contribution in [-0.4, -0.2) is 167 Å². The minimum atomic E-state index is -0.589. The van der Waals surface area contributed by atoms with Crippen molar-refractivity contribution in [2.45, 2.75) is 0 Å². The van der Waals surface area contributed by atoms with Gasteiger partial charge in [-0.05, 0) is 48.5 Å². The molecular formula is C28H34N8Na2O17. The Kier molecular flexibility index (Phi) is 28.4. The summed E-state index contributed by atoms with van der Waals surface area (Å²) in [6.45, 7) is -0.267. The maximum absolute atomic E-state index is 11.3. The van der Waals surface area contributed by atoms with E-state index in [-0.39, 0.29) is 122 Å². The Labute approximate surface area is 352 Å². The molecule has 4 heterocycles. The number of nitro groups is 2. The molecule has 4 aromatic rings. The molecule has 16 N–H and O–H groups in total. The molecule has 2 aromatic carbocycles. The summed E-state index contributed by atoms with van der Waals surface area (Å²) < 4.78 is 11.1. The van der Waals surface area contributed by atoms with Crippen LogP contribution in [0.5, 0.6) is 0 Å². The predicted octanol–water partition coefficient (Wildman–Crippen LogP) is -3.05. The third kappa shape index (κ3) is 15.6. The number of furan rings is 2. The number of nitro benzene ring substituents is 2. The van der Waals surface area contributed by atoms with Gasteiger partial charge in [0.25, 0.3) is 11.4 Å². The second-order valence-electron chi connectivity index (χ2n) is 9.32. The van der Waals surface area contributed by atoms with Crippen molar-refractivity contribution in [3.05, 3.63) is 105 Å². The Bertz CT molecular complexity index is 1780. The number of rotatable bonds is 8. The summed E-state index contributed by atoms with van der Waals surface area (Å²) in [5, 5.41) is 35.1. The van der Waals surface area contributed by atoms with Crippen LogP contribution in [0.4, 0.5) is 21.0 Å². The second kappa shape index (κ2) is 26.5. The fraction of sp³-hybridized carbons (Fsp3) is 0.0714. The van der Waals surface area contributed by atoms with E-state index in [1.807, 2.05) is 0 Å². The van der Waals surface area contributed by atoms with E-state index in [2.05, 4.69) is 20.8 Å². The molecule has 0 spiro atoms. The van der Waals surface area contributed by atoms with Crippen molar-refractivity contribution in [2.24, 2.45) is 10.2 Å². The van der Waals surface area contributed by atoms with E-state index < -0.39 is 33.7 Å². The third-order valence-corrected chi connectivity index (χ3v) is 6.18. The van der Waals surface area contributed by atoms with Crippen LogP contribution < -0.4 is 10.6 Å². The minimum Gasteiger partial charge on any atom is -0.455 e. The van der Waals surface area contributed by atoms with Crippen molar-refractivity contribution in [3.63, 3.8) is 0 Å². The Balaban J connectivity index is -0.000000260. The number of non-ortho nitro benzene ring substituents is 2. The molecule has 27 heteroatoms. The van der Waals surface area contributed by atoms with Gasteiger partial charge in [-0.25, -0.2) is 19.6 Å². The Morgan fingerprint density at radius 1 is 0.545 bits per heavy atom. The first kappa shape index (κ1) is 59.0. The number of carbonyl (C=O) groups is 4. The van der Waals surface area contributed by atoms with Crippen LogP contribution in [-0.2, 0) is 9.59 Å². The van der Waals surface area contributed by atoms with E-state index in [0.29, 0.717) is 34.2 Å². The number of nitrogens with zero attached hydrogens (tertiary/aromatic N) is 6. The number of nitrogens with one attached hydrogen (secondary N) is 2. The third-order valence-electron chi connectivity index (χ3n) is 6.18. The van der Waals surface area contributed by atoms with Crippen LogP contribution in [0.1, 0.15) is 11.5 Å². The summed E-state index contributed by atoms with van der Waals surface area (Å²) in [6.07, 6.45) is 2.63. The molecule has 0 bridgehead atoms. The molecule has 2 saturated heterocycles. The molecule has 55 heavy (non-hydrogen) atoms. The molecule has 0 saturated carbocycles. The summed E-state index contributed by atoms with van der Waals surface area (Å²) in [5.74, 6) is 0.930. The molecule has 6 rings (SSSR count). The number of urea groups is 2. The number of imide groups is 2. The molecule has 0 aliphatic carbocycles. The van der Waals surface area contributed by atoms with Gasteiger partial charge in [0.05, 0.1) is 22.3 Å². The summed E-state index contributed by atoms with van der Waals surface area (Å²) in [7, 11) is 0. The molecule has 0 atom stereocenters. The van der Waals surface area contributed by atoms with Crippen molar-refractivity contribution < 1.29 is 76.2 Å². The zero-order valence-electron chi connectivity index (χ0n) is 28.8. The zero-order valence-corrected chi connectivity index (χ0v) is 32.8. The first-order valence-electron chi connectivity index (χ1n) is 13.1. The number of carbonyl (C=O) groups excluding carboxylic acids is 4. The van der Waals surface area contributed by atoms with Crippen LogP contribution in [0.3, 0.4) is 0 Å². The minimum absolute atomic E-state index is 0. The number of hydrogen-bond acceptors (Lipinski definition) is 12. The van der Waals surface area contributed by atoms with E-state index in [0.717, 1.165) is 10.0 Å². The van der Waals surface area contributed by atoms with Crippen molar-refractivity contribution in [1.82, 2.24) is 20.7 Å². The largest absolute Gasteiger partial charge is 0.455 e. The van der Waals surface area contributed by atoms with Gasteiger partial charge in [0.15, 0.2) is 0 Å². The summed E-state index contributed by atoms with van der Waals surface area (Å²) >= 11 is 0. The van der Waals surface area contributed by atoms with Crippen molar-refractivity contribution >= 4 is 107 Å². The molecular weight excluding hydrogens is 766 g/mol. The van der Waals surface area contributed by atoms with Gasteiger partial charge < -0.3 is 47.2 Å². The normalized spacial score (nSPS) is 12.1. The molecule has 2 aliphatic heterocycles. The summed E-state index contributed by atoms with van der Waals surface area (Å²) in [5.41, 5.74) is 1.33. The van der Waals surface area contributed by atoms with Gasteiger partial charge in [0.1, 0.15) is 36.1 Å². The standard InChI is InChI=1S/2C14H10N4O5.2Na.7H2O/c2*19-13-8-17(14(20)16-13)15-7-11-5-6-12(23-11)9-1-3-10(4-2-9)18(21)22;;;;;;;;;/h2*1-7H,8H2,(H,16,19,20);;;7*1H2. The first-order valence-corrected chi connectivity index (χ1v) is 13.1. The quantitative estimate of drug-likeness (QED) is 0.0596. The summed E-state index contributed by atoms with van der Waals surface area (Å²) in [6, 6.07) is 17.3. The maximum Gasteiger partial charge on any atom is 0.344 e. The fourth-order valence-electron chi connectivity index (χ4n) is 3.95. The van der Waals surface area contributed by atoms with Gasteiger partial charge in [-0.2, -0.15) is 10.2 Å². The Hall–Kier alpha value is -5.26. The molecule has 2 aromatic heterocycles. The van der Waals surface area contributed by atoms with Crippen LogP contribution in [0, 0.1) is 20.2 Å². The number of amides is 6. The Morgan fingerprint density at radius 2 is 0.855 bits per heavy atom. The topological polar surface area (TPSA) is 457 Å². The van der Waals surface area contributed by atoms with E-state index in [9.17, 15) is 39.4 Å². The zero-order chi connectivity index (χ0) is 32.8. The molecule has 25 nitrogen and oxygen atoms in total. The van der Waals surface area contributed by atoms with Crippen LogP contribution in [0.15, 0.2) is 91.8 Å². The van der Waals surface area contributed by atoms with Gasteiger partial charge in [-0.15, -0.1) is 0 Å². The van der Waals surface area contributed by atoms with Crippen molar-refractivity contribution in [2.75, 3.05) is 13.1 Å². The molecule has 6 amide bonds. The Morgan fingerprint density at radius 3 is 1.11 bits per heavy atom. The molecule has 2 radical (unpaired) electrons. The monoisotopic (exact) mass is 800 g/mol. The van der Waals surface area contributed by atoms with Gasteiger partial charge in [0.2, 0.25) is 11.8 Å². The molecule has 2 fully saturated rings. The molecule has 2 aliphatic rings. The van der Waals surface area contributed by atoms with Gasteiger partial charge in [-0.3, -0.25) is 40.5 Å². The predicted molar refractivity (Wildman–Crippen MR) is 194 cm³/mol.